The molecule has 0 amide bonds. The third-order valence-electron chi connectivity index (χ3n) is 3.70. The number of hydrogen-bond donors (Lipinski definition) is 0. The first-order valence-corrected chi connectivity index (χ1v) is 6.26. The predicted octanol–water partition coefficient (Wildman–Crippen LogP) is 3.94. The highest BCUT2D eigenvalue weighted by Gasteiger charge is 2.27. The summed E-state index contributed by atoms with van der Waals surface area (Å²) < 4.78 is 0. The molecule has 0 atom stereocenters. The van der Waals surface area contributed by atoms with Crippen molar-refractivity contribution < 1.29 is 0 Å². The molecule has 86 valence electrons. The maximum absolute atomic E-state index is 2.30. The van der Waals surface area contributed by atoms with Crippen molar-refractivity contribution in [3.63, 3.8) is 0 Å². The van der Waals surface area contributed by atoms with Gasteiger partial charge in [-0.15, -0.1) is 0 Å². The van der Waals surface area contributed by atoms with Crippen molar-refractivity contribution in [1.82, 2.24) is 0 Å². The third kappa shape index (κ3) is 1.28. The zero-order valence-electron chi connectivity index (χ0n) is 10.0. The summed E-state index contributed by atoms with van der Waals surface area (Å²) in [6.07, 6.45) is 4.41. The van der Waals surface area contributed by atoms with Gasteiger partial charge >= 0.3 is 0 Å². The van der Waals surface area contributed by atoms with Gasteiger partial charge in [-0.2, -0.15) is 0 Å². The molecule has 2 aromatic rings. The normalized spacial score (nSPS) is 16.1. The quantitative estimate of drug-likeness (QED) is 0.718. The van der Waals surface area contributed by atoms with E-state index in [4.69, 9.17) is 0 Å². The Hall–Kier alpha value is -2.28. The van der Waals surface area contributed by atoms with Crippen molar-refractivity contribution in [2.24, 2.45) is 0 Å². The van der Waals surface area contributed by atoms with Crippen LogP contribution in [0.2, 0.25) is 0 Å². The number of hydrogen-bond acceptors (Lipinski definition) is 1. The summed E-state index contributed by atoms with van der Waals surface area (Å²) in [5.74, 6) is 0. The SMILES string of the molecule is C1=CN(c2ccccc2)CC2=C1c1ccccc12. The van der Waals surface area contributed by atoms with Crippen molar-refractivity contribution in [3.05, 3.63) is 78.0 Å². The predicted molar refractivity (Wildman–Crippen MR) is 76.2 cm³/mol. The zero-order valence-corrected chi connectivity index (χ0v) is 10.0. The number of rotatable bonds is 1. The van der Waals surface area contributed by atoms with Gasteiger partial charge in [-0.1, -0.05) is 42.5 Å². The molecule has 1 aliphatic heterocycles. The van der Waals surface area contributed by atoms with E-state index in [0.29, 0.717) is 0 Å². The molecular formula is C17H13N. The van der Waals surface area contributed by atoms with Crippen molar-refractivity contribution in [2.45, 2.75) is 0 Å². The highest BCUT2D eigenvalue weighted by Crippen LogP contribution is 2.44. The van der Waals surface area contributed by atoms with Crippen LogP contribution in [0.4, 0.5) is 5.69 Å². The van der Waals surface area contributed by atoms with Crippen molar-refractivity contribution in [2.75, 3.05) is 11.4 Å². The smallest absolute Gasteiger partial charge is 0.0488 e. The molecule has 0 aromatic heterocycles. The van der Waals surface area contributed by atoms with E-state index >= 15 is 0 Å². The topological polar surface area (TPSA) is 3.24 Å². The fourth-order valence-corrected chi connectivity index (χ4v) is 2.77. The van der Waals surface area contributed by atoms with E-state index in [-0.39, 0.29) is 0 Å². The Morgan fingerprint density at radius 1 is 0.778 bits per heavy atom. The first kappa shape index (κ1) is 9.72. The molecule has 0 N–H and O–H groups in total. The summed E-state index contributed by atoms with van der Waals surface area (Å²) in [5.41, 5.74) is 6.95. The number of benzene rings is 2. The lowest BCUT2D eigenvalue weighted by Gasteiger charge is -2.34. The number of nitrogens with zero attached hydrogens (tertiary/aromatic N) is 1. The van der Waals surface area contributed by atoms with Crippen LogP contribution in [0.3, 0.4) is 0 Å². The van der Waals surface area contributed by atoms with Crippen molar-refractivity contribution >= 4 is 16.8 Å². The second-order valence-corrected chi connectivity index (χ2v) is 4.72. The summed E-state index contributed by atoms with van der Waals surface area (Å²) >= 11 is 0. The average molecular weight is 231 g/mol. The van der Waals surface area contributed by atoms with Gasteiger partial charge in [-0.05, 0) is 40.5 Å². The molecule has 1 heterocycles. The molecule has 0 saturated heterocycles. The lowest BCUT2D eigenvalue weighted by Crippen LogP contribution is -2.25. The molecule has 1 nitrogen and oxygen atoms in total. The van der Waals surface area contributed by atoms with Crippen LogP contribution in [0.25, 0.3) is 11.1 Å². The average Bonchev–Trinajstić information content (AvgIpc) is 2.45. The first-order valence-electron chi connectivity index (χ1n) is 6.26. The molecule has 0 bridgehead atoms. The molecule has 0 fully saturated rings. The van der Waals surface area contributed by atoms with Gasteiger partial charge in [-0.3, -0.25) is 0 Å². The van der Waals surface area contributed by atoms with Crippen LogP contribution in [0.5, 0.6) is 0 Å². The Labute approximate surface area is 107 Å². The molecule has 4 rings (SSSR count). The van der Waals surface area contributed by atoms with Crippen molar-refractivity contribution in [3.8, 4) is 0 Å². The third-order valence-corrected chi connectivity index (χ3v) is 3.70. The van der Waals surface area contributed by atoms with E-state index in [2.05, 4.69) is 71.8 Å². The van der Waals surface area contributed by atoms with Crippen molar-refractivity contribution in [1.29, 1.82) is 0 Å². The van der Waals surface area contributed by atoms with Gasteiger partial charge in [0, 0.05) is 18.4 Å². The molecular weight excluding hydrogens is 218 g/mol. The minimum Gasteiger partial charge on any atom is -0.343 e. The highest BCUT2D eigenvalue weighted by atomic mass is 15.1. The van der Waals surface area contributed by atoms with Crippen LogP contribution < -0.4 is 4.90 Å². The molecule has 0 radical (unpaired) electrons. The fraction of sp³-hybridized carbons (Fsp3) is 0.0588. The molecule has 0 saturated carbocycles. The maximum Gasteiger partial charge on any atom is 0.0488 e. The van der Waals surface area contributed by atoms with E-state index in [1.807, 2.05) is 0 Å². The fourth-order valence-electron chi connectivity index (χ4n) is 2.77. The Morgan fingerprint density at radius 3 is 2.33 bits per heavy atom. The van der Waals surface area contributed by atoms with Crippen LogP contribution in [0, 0.1) is 0 Å². The van der Waals surface area contributed by atoms with Crippen LogP contribution in [-0.2, 0) is 0 Å². The van der Waals surface area contributed by atoms with Gasteiger partial charge in [0.1, 0.15) is 0 Å². The van der Waals surface area contributed by atoms with Gasteiger partial charge in [0.05, 0.1) is 0 Å². The van der Waals surface area contributed by atoms with E-state index in [1.165, 1.54) is 28.0 Å². The van der Waals surface area contributed by atoms with Gasteiger partial charge in [0.15, 0.2) is 0 Å². The summed E-state index contributed by atoms with van der Waals surface area (Å²) in [6, 6.07) is 19.2. The van der Waals surface area contributed by atoms with Gasteiger partial charge < -0.3 is 4.90 Å². The van der Waals surface area contributed by atoms with Gasteiger partial charge in [0.25, 0.3) is 0 Å². The molecule has 1 heteroatoms. The standard InChI is InChI=1S/C17H13N/c1-2-6-13(7-3-1)18-11-10-16-14-8-4-5-9-15(14)17(16)12-18/h1-11H,12H2. The maximum atomic E-state index is 2.30. The van der Waals surface area contributed by atoms with Crippen LogP contribution in [0.1, 0.15) is 11.1 Å². The number of anilines is 1. The van der Waals surface area contributed by atoms with Gasteiger partial charge in [-0.25, -0.2) is 0 Å². The Balaban J connectivity index is 1.69. The number of allylic oxidation sites excluding steroid dienone is 2. The van der Waals surface area contributed by atoms with Crippen LogP contribution in [-0.4, -0.2) is 6.54 Å². The Morgan fingerprint density at radius 2 is 1.50 bits per heavy atom. The lowest BCUT2D eigenvalue weighted by atomic mass is 9.79. The molecule has 0 unspecified atom stereocenters. The van der Waals surface area contributed by atoms with E-state index in [0.717, 1.165) is 6.54 Å². The van der Waals surface area contributed by atoms with E-state index in [1.54, 1.807) is 0 Å². The molecule has 2 aliphatic rings. The highest BCUT2D eigenvalue weighted by molar-refractivity contribution is 6.10. The van der Waals surface area contributed by atoms with Gasteiger partial charge in [0.2, 0.25) is 0 Å². The molecule has 2 aromatic carbocycles. The largest absolute Gasteiger partial charge is 0.343 e. The summed E-state index contributed by atoms with van der Waals surface area (Å²) in [5, 5.41) is 0. The van der Waals surface area contributed by atoms with E-state index in [9.17, 15) is 0 Å². The summed E-state index contributed by atoms with van der Waals surface area (Å²) in [4.78, 5) is 2.30. The zero-order chi connectivity index (χ0) is 11.9. The second kappa shape index (κ2) is 3.61. The van der Waals surface area contributed by atoms with E-state index < -0.39 is 0 Å². The minimum atomic E-state index is 0.979. The molecule has 0 spiro atoms. The second-order valence-electron chi connectivity index (χ2n) is 4.72. The number of fused-ring (bicyclic) bond motifs is 3. The molecule has 1 aliphatic carbocycles. The number of para-hydroxylation sites is 1. The lowest BCUT2D eigenvalue weighted by molar-refractivity contribution is 1.08. The molecule has 18 heavy (non-hydrogen) atoms. The van der Waals surface area contributed by atoms with Crippen LogP contribution >= 0.6 is 0 Å². The Bertz CT molecular complexity index is 665. The Kier molecular flexibility index (Phi) is 1.95. The summed E-state index contributed by atoms with van der Waals surface area (Å²) in [6.45, 7) is 0.979. The minimum absolute atomic E-state index is 0.979. The summed E-state index contributed by atoms with van der Waals surface area (Å²) in [7, 11) is 0. The van der Waals surface area contributed by atoms with Crippen LogP contribution in [0.15, 0.2) is 66.9 Å². The first-order chi connectivity index (χ1) is 8.93. The monoisotopic (exact) mass is 231 g/mol.